The van der Waals surface area contributed by atoms with Gasteiger partial charge in [-0.15, -0.1) is 0 Å². The van der Waals surface area contributed by atoms with Gasteiger partial charge in [0.1, 0.15) is 0 Å². The van der Waals surface area contributed by atoms with E-state index < -0.39 is 0 Å². The third kappa shape index (κ3) is 3.58. The lowest BCUT2D eigenvalue weighted by atomic mass is 10.2. The van der Waals surface area contributed by atoms with Crippen LogP contribution in [0.3, 0.4) is 0 Å². The number of unbranched alkanes of at least 4 members (excludes halogenated alkanes) is 2. The molecular weight excluding hydrogens is 267 g/mol. The largest absolute Gasteiger partial charge is 0.378 e. The lowest BCUT2D eigenvalue weighted by Crippen LogP contribution is -2.22. The average molecular weight is 284 g/mol. The Morgan fingerprint density at radius 1 is 1.42 bits per heavy atom. The van der Waals surface area contributed by atoms with Crippen molar-refractivity contribution in [1.29, 1.82) is 0 Å². The molecule has 0 radical (unpaired) electrons. The first kappa shape index (κ1) is 10.7. The van der Waals surface area contributed by atoms with Crippen LogP contribution in [-0.4, -0.2) is 29.8 Å². The molecule has 12 heavy (non-hydrogen) atoms. The summed E-state index contributed by atoms with van der Waals surface area (Å²) in [6.45, 7) is 4.76. The number of hydrogen-bond acceptors (Lipinski definition) is 2. The van der Waals surface area contributed by atoms with Crippen molar-refractivity contribution >= 4 is 22.6 Å². The van der Waals surface area contributed by atoms with Gasteiger partial charge in [-0.3, -0.25) is 0 Å². The maximum absolute atomic E-state index is 5.68. The van der Waals surface area contributed by atoms with Crippen LogP contribution in [0.2, 0.25) is 0 Å². The zero-order chi connectivity index (χ0) is 8.81. The number of alkyl halides is 1. The van der Waals surface area contributed by atoms with E-state index in [1.807, 2.05) is 0 Å². The molecule has 2 nitrogen and oxygen atoms in total. The van der Waals surface area contributed by atoms with Gasteiger partial charge in [0.2, 0.25) is 0 Å². The molecule has 0 aromatic carbocycles. The maximum atomic E-state index is 5.68. The lowest BCUT2D eigenvalue weighted by Gasteiger charge is -2.12. The second-order valence-electron chi connectivity index (χ2n) is 3.17. The quantitative estimate of drug-likeness (QED) is 0.438. The Balaban J connectivity index is 1.98. The molecule has 72 valence electrons. The highest BCUT2D eigenvalue weighted by atomic mass is 127. The Hall–Kier alpha value is 0.650. The van der Waals surface area contributed by atoms with Gasteiger partial charge in [-0.25, -0.2) is 0 Å². The summed E-state index contributed by atoms with van der Waals surface area (Å²) < 4.78 is 11.5. The first-order chi connectivity index (χ1) is 5.84. The van der Waals surface area contributed by atoms with Crippen LogP contribution >= 0.6 is 22.6 Å². The van der Waals surface area contributed by atoms with Crippen molar-refractivity contribution in [1.82, 2.24) is 0 Å². The Kier molecular flexibility index (Phi) is 5.50. The van der Waals surface area contributed by atoms with Gasteiger partial charge in [0.05, 0.1) is 23.2 Å². The van der Waals surface area contributed by atoms with Crippen LogP contribution in [0.4, 0.5) is 0 Å². The molecule has 0 spiro atoms. The van der Waals surface area contributed by atoms with Gasteiger partial charge in [0.25, 0.3) is 0 Å². The predicted octanol–water partition coefficient (Wildman–Crippen LogP) is 2.40. The molecule has 1 aliphatic heterocycles. The summed E-state index contributed by atoms with van der Waals surface area (Å²) in [4.78, 5) is 0. The van der Waals surface area contributed by atoms with Crippen molar-refractivity contribution in [3.8, 4) is 0 Å². The lowest BCUT2D eigenvalue weighted by molar-refractivity contribution is 0.0434. The van der Waals surface area contributed by atoms with E-state index >= 15 is 0 Å². The van der Waals surface area contributed by atoms with Crippen molar-refractivity contribution in [3.63, 3.8) is 0 Å². The van der Waals surface area contributed by atoms with Gasteiger partial charge in [-0.1, -0.05) is 42.4 Å². The minimum Gasteiger partial charge on any atom is -0.378 e. The molecule has 0 aromatic heterocycles. The van der Waals surface area contributed by atoms with E-state index in [0.717, 1.165) is 19.8 Å². The number of ether oxygens (including phenoxy) is 2. The summed E-state index contributed by atoms with van der Waals surface area (Å²) in [6.07, 6.45) is 4.08. The highest BCUT2D eigenvalue weighted by molar-refractivity contribution is 14.1. The molecule has 1 heterocycles. The zero-order valence-electron chi connectivity index (χ0n) is 7.59. The summed E-state index contributed by atoms with van der Waals surface area (Å²) >= 11 is 2.41. The molecule has 1 saturated heterocycles. The summed E-state index contributed by atoms with van der Waals surface area (Å²) in [7, 11) is 0. The van der Waals surface area contributed by atoms with Gasteiger partial charge in [0, 0.05) is 6.61 Å². The third-order valence-electron chi connectivity index (χ3n) is 2.04. The average Bonchev–Trinajstić information content (AvgIpc) is 2.46. The smallest absolute Gasteiger partial charge is 0.0948 e. The van der Waals surface area contributed by atoms with Crippen LogP contribution < -0.4 is 0 Å². The molecule has 2 atom stereocenters. The summed E-state index contributed by atoms with van der Waals surface area (Å²) in [5, 5.41) is 0. The molecular formula is C9H17IO2. The third-order valence-corrected chi connectivity index (χ3v) is 3.20. The highest BCUT2D eigenvalue weighted by Crippen LogP contribution is 2.18. The fourth-order valence-electron chi connectivity index (χ4n) is 1.25. The topological polar surface area (TPSA) is 18.5 Å². The van der Waals surface area contributed by atoms with Crippen molar-refractivity contribution in [2.45, 2.75) is 36.2 Å². The minimum absolute atomic E-state index is 0.349. The van der Waals surface area contributed by atoms with E-state index in [9.17, 15) is 0 Å². The standard InChI is InChI=1S/C9H17IO2/c1-2-3-4-5-12-9-7-11-6-8(9)10/h8-9H,2-7H2,1H3. The van der Waals surface area contributed by atoms with Gasteiger partial charge in [-0.2, -0.15) is 0 Å². The van der Waals surface area contributed by atoms with E-state index in [4.69, 9.17) is 9.47 Å². The second kappa shape index (κ2) is 6.16. The minimum atomic E-state index is 0.349. The van der Waals surface area contributed by atoms with E-state index in [2.05, 4.69) is 29.5 Å². The van der Waals surface area contributed by atoms with Crippen molar-refractivity contribution in [3.05, 3.63) is 0 Å². The van der Waals surface area contributed by atoms with Crippen LogP contribution in [0.25, 0.3) is 0 Å². The van der Waals surface area contributed by atoms with Crippen LogP contribution in [-0.2, 0) is 9.47 Å². The van der Waals surface area contributed by atoms with E-state index in [0.29, 0.717) is 10.0 Å². The fraction of sp³-hybridized carbons (Fsp3) is 1.00. The van der Waals surface area contributed by atoms with Crippen LogP contribution in [0, 0.1) is 0 Å². The Bertz CT molecular complexity index is 119. The number of halogens is 1. The van der Waals surface area contributed by atoms with Crippen LogP contribution in [0.1, 0.15) is 26.2 Å². The van der Waals surface area contributed by atoms with Crippen molar-refractivity contribution in [2.75, 3.05) is 19.8 Å². The van der Waals surface area contributed by atoms with Crippen molar-refractivity contribution in [2.24, 2.45) is 0 Å². The van der Waals surface area contributed by atoms with Crippen LogP contribution in [0.15, 0.2) is 0 Å². The number of hydrogen-bond donors (Lipinski definition) is 0. The van der Waals surface area contributed by atoms with Gasteiger partial charge in [-0.05, 0) is 6.42 Å². The van der Waals surface area contributed by atoms with Crippen molar-refractivity contribution < 1.29 is 9.47 Å². The molecule has 1 rings (SSSR count). The SMILES string of the molecule is CCCCCOC1COCC1I. The molecule has 1 aliphatic rings. The maximum Gasteiger partial charge on any atom is 0.0948 e. The monoisotopic (exact) mass is 284 g/mol. The van der Waals surface area contributed by atoms with E-state index in [1.165, 1.54) is 19.3 Å². The van der Waals surface area contributed by atoms with E-state index in [1.54, 1.807) is 0 Å². The molecule has 0 amide bonds. The Morgan fingerprint density at radius 3 is 2.83 bits per heavy atom. The van der Waals surface area contributed by atoms with Gasteiger partial charge < -0.3 is 9.47 Å². The normalized spacial score (nSPS) is 29.5. The molecule has 1 fully saturated rings. The molecule has 0 aromatic rings. The zero-order valence-corrected chi connectivity index (χ0v) is 9.75. The predicted molar refractivity (Wildman–Crippen MR) is 57.9 cm³/mol. The molecule has 0 aliphatic carbocycles. The fourth-order valence-corrected chi connectivity index (χ4v) is 1.92. The Labute approximate surface area is 88.1 Å². The Morgan fingerprint density at radius 2 is 2.25 bits per heavy atom. The van der Waals surface area contributed by atoms with Gasteiger partial charge in [0.15, 0.2) is 0 Å². The summed E-state index contributed by atoms with van der Waals surface area (Å²) in [6, 6.07) is 0. The summed E-state index contributed by atoms with van der Waals surface area (Å²) in [5.74, 6) is 0. The molecule has 0 saturated carbocycles. The second-order valence-corrected chi connectivity index (χ2v) is 4.77. The van der Waals surface area contributed by atoms with Crippen LogP contribution in [0.5, 0.6) is 0 Å². The highest BCUT2D eigenvalue weighted by Gasteiger charge is 2.25. The first-order valence-corrected chi connectivity index (χ1v) is 5.92. The molecule has 3 heteroatoms. The molecule has 0 N–H and O–H groups in total. The van der Waals surface area contributed by atoms with Gasteiger partial charge >= 0.3 is 0 Å². The molecule has 0 bridgehead atoms. The number of rotatable bonds is 5. The first-order valence-electron chi connectivity index (χ1n) is 4.68. The van der Waals surface area contributed by atoms with E-state index in [-0.39, 0.29) is 0 Å². The molecule has 2 unspecified atom stereocenters. The summed E-state index contributed by atoms with van der Waals surface area (Å²) in [5.41, 5.74) is 0.